The molecule has 0 amide bonds. The highest BCUT2D eigenvalue weighted by molar-refractivity contribution is 5.89. The van der Waals surface area contributed by atoms with E-state index < -0.39 is 11.9 Å². The van der Waals surface area contributed by atoms with Crippen LogP contribution < -0.4 is 4.90 Å². The molecule has 0 spiro atoms. The lowest BCUT2D eigenvalue weighted by Gasteiger charge is -2.20. The highest BCUT2D eigenvalue weighted by Crippen LogP contribution is 2.51. The average Bonchev–Trinajstić information content (AvgIpc) is 3.46. The zero-order valence-electron chi connectivity index (χ0n) is 22.6. The average molecular weight is 564 g/mol. The Morgan fingerprint density at radius 1 is 0.854 bits per heavy atom. The molecule has 0 radical (unpaired) electrons. The van der Waals surface area contributed by atoms with Crippen LogP contribution in [-0.4, -0.2) is 80.5 Å². The van der Waals surface area contributed by atoms with Crippen molar-refractivity contribution < 1.29 is 28.6 Å². The van der Waals surface area contributed by atoms with Gasteiger partial charge in [-0.05, 0) is 41.0 Å². The van der Waals surface area contributed by atoms with Gasteiger partial charge in [-0.25, -0.2) is 19.6 Å². The number of piperidine rings is 1. The fourth-order valence-corrected chi connectivity index (χ4v) is 5.03. The molecule has 214 valence electrons. The summed E-state index contributed by atoms with van der Waals surface area (Å²) in [7, 11) is 2.66. The minimum atomic E-state index is -0.524. The number of rotatable bonds is 8. The van der Waals surface area contributed by atoms with Crippen molar-refractivity contribution in [2.45, 2.75) is 13.1 Å². The number of halogens is 1. The predicted molar refractivity (Wildman–Crippen MR) is 144 cm³/mol. The highest BCUT2D eigenvalue weighted by atomic mass is 19.1. The van der Waals surface area contributed by atoms with Crippen molar-refractivity contribution in [1.29, 1.82) is 0 Å². The van der Waals surface area contributed by atoms with Crippen LogP contribution in [0.15, 0.2) is 61.4 Å². The summed E-state index contributed by atoms with van der Waals surface area (Å²) in [6.07, 6.45) is 9.43. The minimum Gasteiger partial charge on any atom is -0.465 e. The van der Waals surface area contributed by atoms with E-state index in [1.54, 1.807) is 27.8 Å². The fourth-order valence-electron chi connectivity index (χ4n) is 5.03. The summed E-state index contributed by atoms with van der Waals surface area (Å²) in [6.45, 7) is 3.27. The number of methoxy groups -OCH3 is 2. The number of ether oxygens (including phenoxy) is 2. The van der Waals surface area contributed by atoms with Crippen molar-refractivity contribution in [3.8, 4) is 0 Å². The van der Waals surface area contributed by atoms with Crippen LogP contribution in [0.5, 0.6) is 0 Å². The second kappa shape index (κ2) is 12.3. The van der Waals surface area contributed by atoms with Gasteiger partial charge in [0.05, 0.1) is 50.8 Å². The third-order valence-electron chi connectivity index (χ3n) is 7.30. The molecule has 1 saturated carbocycles. The normalized spacial score (nSPS) is 18.7. The van der Waals surface area contributed by atoms with Crippen LogP contribution in [0.4, 0.5) is 10.2 Å². The smallest absolute Gasteiger partial charge is 0.341 e. The first-order valence-electron chi connectivity index (χ1n) is 13.0. The maximum absolute atomic E-state index is 12.6. The molecular formula is C28H30FN7O5. The van der Waals surface area contributed by atoms with Gasteiger partial charge in [-0.1, -0.05) is 12.1 Å². The van der Waals surface area contributed by atoms with Gasteiger partial charge in [-0.2, -0.15) is 14.6 Å². The van der Waals surface area contributed by atoms with Crippen LogP contribution in [0.25, 0.3) is 0 Å². The number of hydrogen-bond acceptors (Lipinski definition) is 10. The Morgan fingerprint density at radius 3 is 1.83 bits per heavy atom. The summed E-state index contributed by atoms with van der Waals surface area (Å²) in [5.41, 5.74) is 2.64. The molecule has 1 aliphatic carbocycles. The van der Waals surface area contributed by atoms with Gasteiger partial charge in [-0.15, -0.1) is 0 Å². The van der Waals surface area contributed by atoms with E-state index >= 15 is 0 Å². The third kappa shape index (κ3) is 6.57. The first-order valence-corrected chi connectivity index (χ1v) is 13.0. The lowest BCUT2D eigenvalue weighted by Crippen LogP contribution is -2.25. The summed E-state index contributed by atoms with van der Waals surface area (Å²) >= 11 is 0. The highest BCUT2D eigenvalue weighted by Gasteiger charge is 2.55. The van der Waals surface area contributed by atoms with Gasteiger partial charge < -0.3 is 19.5 Å². The molecule has 1 unspecified atom stereocenters. The lowest BCUT2D eigenvalue weighted by molar-refractivity contribution is 0.0591. The predicted octanol–water partition coefficient (Wildman–Crippen LogP) is 2.04. The number of pyridine rings is 2. The molecular weight excluding hydrogens is 533 g/mol. The number of hydrogen-bond donors (Lipinski definition) is 1. The lowest BCUT2D eigenvalue weighted by atomic mass is 10.2. The van der Waals surface area contributed by atoms with E-state index in [1.807, 2.05) is 18.3 Å². The summed E-state index contributed by atoms with van der Waals surface area (Å²) < 4.78 is 25.1. The molecule has 2 aliphatic rings. The Morgan fingerprint density at radius 2 is 1.39 bits per heavy atom. The molecule has 1 aliphatic heterocycles. The van der Waals surface area contributed by atoms with Gasteiger partial charge in [0.1, 0.15) is 5.82 Å². The number of anilines is 1. The Hall–Kier alpha value is -4.65. The quantitative estimate of drug-likeness (QED) is 0.250. The Balaban J connectivity index is 0.000000175. The number of aliphatic hydroxyl groups excluding tert-OH is 1. The van der Waals surface area contributed by atoms with Crippen molar-refractivity contribution in [2.24, 2.45) is 17.8 Å². The molecule has 6 rings (SSSR count). The molecule has 5 heterocycles. The second-order valence-corrected chi connectivity index (χ2v) is 9.93. The monoisotopic (exact) mass is 563 g/mol. The van der Waals surface area contributed by atoms with E-state index in [-0.39, 0.29) is 5.97 Å². The van der Waals surface area contributed by atoms with E-state index in [1.165, 1.54) is 38.9 Å². The molecule has 0 aromatic carbocycles. The SMILES string of the molecule is COC(=O)c1cnn(Cc2ccc(F)nc2)c1.COC(=O)c1cnn(Cc2ccc(N3C[C@@H]4C(CO)[C@@H]4C3)nc2)c1. The second-order valence-electron chi connectivity index (χ2n) is 9.93. The Kier molecular flexibility index (Phi) is 8.34. The summed E-state index contributed by atoms with van der Waals surface area (Å²) in [5.74, 6) is 1.42. The molecule has 1 N–H and O–H groups in total. The van der Waals surface area contributed by atoms with Crippen LogP contribution in [-0.2, 0) is 22.6 Å². The Bertz CT molecular complexity index is 1480. The fraction of sp³-hybridized carbons (Fsp3) is 0.357. The van der Waals surface area contributed by atoms with Crippen molar-refractivity contribution >= 4 is 17.8 Å². The number of carbonyl (C=O) groups is 2. The summed E-state index contributed by atoms with van der Waals surface area (Å²) in [6, 6.07) is 6.95. The summed E-state index contributed by atoms with van der Waals surface area (Å²) in [5, 5.41) is 17.4. The Labute approximate surface area is 235 Å². The van der Waals surface area contributed by atoms with Crippen LogP contribution in [0.3, 0.4) is 0 Å². The van der Waals surface area contributed by atoms with Crippen molar-refractivity contribution in [2.75, 3.05) is 38.8 Å². The van der Waals surface area contributed by atoms with Gasteiger partial charge in [0.15, 0.2) is 0 Å². The van der Waals surface area contributed by atoms with Crippen molar-refractivity contribution in [3.05, 3.63) is 89.6 Å². The number of fused-ring (bicyclic) bond motifs is 1. The van der Waals surface area contributed by atoms with E-state index in [2.05, 4.69) is 34.5 Å². The number of aromatic nitrogens is 6. The van der Waals surface area contributed by atoms with Crippen LogP contribution in [0.2, 0.25) is 0 Å². The molecule has 1 saturated heterocycles. The van der Waals surface area contributed by atoms with Gasteiger partial charge in [0.25, 0.3) is 0 Å². The molecule has 4 aromatic heterocycles. The number of esters is 2. The van der Waals surface area contributed by atoms with E-state index in [4.69, 9.17) is 0 Å². The molecule has 13 heteroatoms. The largest absolute Gasteiger partial charge is 0.465 e. The van der Waals surface area contributed by atoms with Crippen LogP contribution in [0, 0.1) is 23.7 Å². The third-order valence-corrected chi connectivity index (χ3v) is 7.30. The first-order chi connectivity index (χ1) is 19.9. The maximum atomic E-state index is 12.6. The van der Waals surface area contributed by atoms with Gasteiger partial charge in [-0.3, -0.25) is 9.36 Å². The molecule has 12 nitrogen and oxygen atoms in total. The van der Waals surface area contributed by atoms with E-state index in [0.717, 1.165) is 30.0 Å². The van der Waals surface area contributed by atoms with E-state index in [0.29, 0.717) is 48.6 Å². The number of nitrogens with zero attached hydrogens (tertiary/aromatic N) is 7. The van der Waals surface area contributed by atoms with Gasteiger partial charge in [0.2, 0.25) is 5.95 Å². The zero-order chi connectivity index (χ0) is 28.9. The van der Waals surface area contributed by atoms with Crippen molar-refractivity contribution in [1.82, 2.24) is 29.5 Å². The minimum absolute atomic E-state index is 0.312. The standard InChI is InChI=1S/C17H20N4O3.C11H10FN3O2/c1-24-17(23)12-5-19-21(7-12)6-11-2-3-16(18-4-11)20-8-13-14(9-20)15(13)10-22;1-17-11(16)9-5-14-15(7-9)6-8-2-3-10(12)13-4-8/h2-5,7,13-15,22H,6,8-10H2,1H3;2-5,7H,6H2,1H3/t13-,14+,15?;. The molecule has 2 fully saturated rings. The van der Waals surface area contributed by atoms with Crippen LogP contribution in [0.1, 0.15) is 31.8 Å². The van der Waals surface area contributed by atoms with Crippen LogP contribution >= 0.6 is 0 Å². The molecule has 0 bridgehead atoms. The van der Waals surface area contributed by atoms with Gasteiger partial charge >= 0.3 is 11.9 Å². The number of carbonyl (C=O) groups excluding carboxylic acids is 2. The van der Waals surface area contributed by atoms with E-state index in [9.17, 15) is 19.1 Å². The number of aliphatic hydroxyl groups is 1. The van der Waals surface area contributed by atoms with Gasteiger partial charge in [0, 0.05) is 44.5 Å². The maximum Gasteiger partial charge on any atom is 0.341 e. The van der Waals surface area contributed by atoms with Crippen molar-refractivity contribution in [3.63, 3.8) is 0 Å². The topological polar surface area (TPSA) is 137 Å². The first kappa shape index (κ1) is 27.9. The molecule has 4 aromatic rings. The summed E-state index contributed by atoms with van der Waals surface area (Å²) in [4.78, 5) is 33.0. The molecule has 3 atom stereocenters. The zero-order valence-corrected chi connectivity index (χ0v) is 22.6. The molecule has 41 heavy (non-hydrogen) atoms.